The van der Waals surface area contributed by atoms with E-state index in [9.17, 15) is 9.18 Å². The van der Waals surface area contributed by atoms with Crippen molar-refractivity contribution in [1.82, 2.24) is 4.98 Å². The van der Waals surface area contributed by atoms with E-state index in [-0.39, 0.29) is 11.2 Å². The fraction of sp³-hybridized carbons (Fsp3) is 0.0909. The molecule has 0 atom stereocenters. The lowest BCUT2D eigenvalue weighted by Crippen LogP contribution is -2.05. The monoisotopic (exact) mass is 283 g/mol. The fourth-order valence-corrected chi connectivity index (χ4v) is 1.92. The number of hydrogen-bond donors (Lipinski definition) is 0. The quantitative estimate of drug-likeness (QED) is 0.756. The number of hydrogen-bond acceptors (Lipinski definition) is 3. The summed E-state index contributed by atoms with van der Waals surface area (Å²) in [6, 6.07) is 6.11. The molecule has 0 aliphatic heterocycles. The van der Waals surface area contributed by atoms with Gasteiger partial charge in [0.1, 0.15) is 17.0 Å². The van der Waals surface area contributed by atoms with Gasteiger partial charge in [0.25, 0.3) is 0 Å². The minimum absolute atomic E-state index is 0.0759. The van der Waals surface area contributed by atoms with Crippen molar-refractivity contribution in [3.8, 4) is 0 Å². The summed E-state index contributed by atoms with van der Waals surface area (Å²) in [5, 5.41) is 0.618. The zero-order chi connectivity index (χ0) is 11.7. The standard InChI is InChI=1S/C11H7BrFNO2/c1-16-11(15)9-5-7(12)6-3-2-4-8(13)10(6)14-9/h2-5H,1H3. The molecule has 2 rings (SSSR count). The molecule has 0 radical (unpaired) electrons. The number of carbonyl (C=O) groups is 1. The lowest BCUT2D eigenvalue weighted by atomic mass is 10.2. The lowest BCUT2D eigenvalue weighted by molar-refractivity contribution is 0.0594. The molecule has 0 spiro atoms. The van der Waals surface area contributed by atoms with E-state index in [1.807, 2.05) is 0 Å². The second kappa shape index (κ2) is 4.17. The minimum atomic E-state index is -0.592. The van der Waals surface area contributed by atoms with Crippen LogP contribution in [-0.4, -0.2) is 18.1 Å². The maximum absolute atomic E-state index is 13.5. The van der Waals surface area contributed by atoms with Crippen LogP contribution in [-0.2, 0) is 4.74 Å². The molecule has 1 aromatic heterocycles. The summed E-state index contributed by atoms with van der Waals surface area (Å²) in [7, 11) is 1.25. The van der Waals surface area contributed by atoms with Crippen LogP contribution in [0.5, 0.6) is 0 Å². The Kier molecular flexibility index (Phi) is 2.87. The molecule has 16 heavy (non-hydrogen) atoms. The molecule has 0 saturated carbocycles. The molecule has 1 heterocycles. The number of ether oxygens (including phenoxy) is 1. The topological polar surface area (TPSA) is 39.2 Å². The number of carbonyl (C=O) groups excluding carboxylic acids is 1. The first kappa shape index (κ1) is 11.0. The average molecular weight is 284 g/mol. The lowest BCUT2D eigenvalue weighted by Gasteiger charge is -2.04. The van der Waals surface area contributed by atoms with Crippen molar-refractivity contribution in [1.29, 1.82) is 0 Å². The predicted molar refractivity (Wildman–Crippen MR) is 60.7 cm³/mol. The highest BCUT2D eigenvalue weighted by Gasteiger charge is 2.13. The van der Waals surface area contributed by atoms with Crippen LogP contribution < -0.4 is 0 Å². The Balaban J connectivity index is 2.75. The van der Waals surface area contributed by atoms with Crippen molar-refractivity contribution >= 4 is 32.8 Å². The van der Waals surface area contributed by atoms with Crippen LogP contribution in [0.2, 0.25) is 0 Å². The average Bonchev–Trinajstić information content (AvgIpc) is 2.29. The van der Waals surface area contributed by atoms with Crippen LogP contribution in [0.4, 0.5) is 4.39 Å². The van der Waals surface area contributed by atoms with E-state index in [0.717, 1.165) is 0 Å². The molecule has 3 nitrogen and oxygen atoms in total. The highest BCUT2D eigenvalue weighted by atomic mass is 79.9. The zero-order valence-corrected chi connectivity index (χ0v) is 9.92. The van der Waals surface area contributed by atoms with Crippen molar-refractivity contribution < 1.29 is 13.9 Å². The van der Waals surface area contributed by atoms with E-state index < -0.39 is 11.8 Å². The largest absolute Gasteiger partial charge is 0.464 e. The Morgan fingerprint density at radius 3 is 2.94 bits per heavy atom. The van der Waals surface area contributed by atoms with Gasteiger partial charge in [-0.25, -0.2) is 14.2 Å². The predicted octanol–water partition coefficient (Wildman–Crippen LogP) is 2.92. The summed E-state index contributed by atoms with van der Waals surface area (Å²) in [4.78, 5) is 15.2. The van der Waals surface area contributed by atoms with Gasteiger partial charge in [-0.3, -0.25) is 0 Å². The number of benzene rings is 1. The maximum Gasteiger partial charge on any atom is 0.356 e. The molecule has 5 heteroatoms. The van der Waals surface area contributed by atoms with Crippen molar-refractivity contribution in [2.75, 3.05) is 7.11 Å². The SMILES string of the molecule is COC(=O)c1cc(Br)c2cccc(F)c2n1. The highest BCUT2D eigenvalue weighted by Crippen LogP contribution is 2.25. The number of esters is 1. The van der Waals surface area contributed by atoms with Crippen LogP contribution in [0, 0.1) is 5.82 Å². The van der Waals surface area contributed by atoms with Crippen LogP contribution in [0.25, 0.3) is 10.9 Å². The van der Waals surface area contributed by atoms with Crippen LogP contribution in [0.15, 0.2) is 28.7 Å². The van der Waals surface area contributed by atoms with Gasteiger partial charge >= 0.3 is 5.97 Å². The zero-order valence-electron chi connectivity index (χ0n) is 8.33. The third-order valence-electron chi connectivity index (χ3n) is 2.13. The molecule has 2 aromatic rings. The van der Waals surface area contributed by atoms with Gasteiger partial charge in [0, 0.05) is 9.86 Å². The van der Waals surface area contributed by atoms with Gasteiger partial charge < -0.3 is 4.74 Å². The van der Waals surface area contributed by atoms with Crippen LogP contribution in [0.3, 0.4) is 0 Å². The smallest absolute Gasteiger partial charge is 0.356 e. The number of nitrogens with zero attached hydrogens (tertiary/aromatic N) is 1. The van der Waals surface area contributed by atoms with Gasteiger partial charge in [-0.1, -0.05) is 28.1 Å². The van der Waals surface area contributed by atoms with Crippen molar-refractivity contribution in [3.05, 3.63) is 40.2 Å². The number of methoxy groups -OCH3 is 1. The highest BCUT2D eigenvalue weighted by molar-refractivity contribution is 9.10. The molecule has 0 bridgehead atoms. The van der Waals surface area contributed by atoms with E-state index in [2.05, 4.69) is 25.7 Å². The molecule has 0 fully saturated rings. The second-order valence-electron chi connectivity index (χ2n) is 3.12. The van der Waals surface area contributed by atoms with Gasteiger partial charge in [0.2, 0.25) is 0 Å². The van der Waals surface area contributed by atoms with Crippen molar-refractivity contribution in [2.45, 2.75) is 0 Å². The molecule has 0 aliphatic carbocycles. The van der Waals surface area contributed by atoms with E-state index in [1.165, 1.54) is 19.2 Å². The van der Waals surface area contributed by atoms with Crippen LogP contribution in [0.1, 0.15) is 10.5 Å². The third-order valence-corrected chi connectivity index (χ3v) is 2.79. The molecular weight excluding hydrogens is 277 g/mol. The second-order valence-corrected chi connectivity index (χ2v) is 3.97. The van der Waals surface area contributed by atoms with E-state index in [1.54, 1.807) is 12.1 Å². The Morgan fingerprint density at radius 1 is 1.50 bits per heavy atom. The minimum Gasteiger partial charge on any atom is -0.464 e. The van der Waals surface area contributed by atoms with Crippen molar-refractivity contribution in [3.63, 3.8) is 0 Å². The summed E-state index contributed by atoms with van der Waals surface area (Å²) in [5.41, 5.74) is 0.226. The number of fused-ring (bicyclic) bond motifs is 1. The fourth-order valence-electron chi connectivity index (χ4n) is 1.38. The molecule has 0 amide bonds. The van der Waals surface area contributed by atoms with Gasteiger partial charge in [-0.2, -0.15) is 0 Å². The molecule has 0 aliphatic rings. The number of pyridine rings is 1. The summed E-state index contributed by atoms with van der Waals surface area (Å²) in [6.07, 6.45) is 0. The maximum atomic E-state index is 13.5. The third kappa shape index (κ3) is 1.78. The van der Waals surface area contributed by atoms with E-state index >= 15 is 0 Å². The normalized spacial score (nSPS) is 10.4. The number of para-hydroxylation sites is 1. The molecule has 1 aromatic carbocycles. The Morgan fingerprint density at radius 2 is 2.25 bits per heavy atom. The number of halogens is 2. The van der Waals surface area contributed by atoms with E-state index in [0.29, 0.717) is 9.86 Å². The summed E-state index contributed by atoms with van der Waals surface area (Å²) >= 11 is 3.26. The summed E-state index contributed by atoms with van der Waals surface area (Å²) in [6.45, 7) is 0. The molecule has 82 valence electrons. The first-order chi connectivity index (χ1) is 7.63. The summed E-state index contributed by atoms with van der Waals surface area (Å²) < 4.78 is 18.6. The Labute approximate surface area is 99.4 Å². The van der Waals surface area contributed by atoms with Crippen LogP contribution >= 0.6 is 15.9 Å². The molecular formula is C11H7BrFNO2. The van der Waals surface area contributed by atoms with Crippen molar-refractivity contribution in [2.24, 2.45) is 0 Å². The number of rotatable bonds is 1. The first-order valence-corrected chi connectivity index (χ1v) is 5.26. The van der Waals surface area contributed by atoms with Gasteiger partial charge in [-0.15, -0.1) is 0 Å². The summed E-state index contributed by atoms with van der Waals surface area (Å²) in [5.74, 6) is -1.06. The van der Waals surface area contributed by atoms with E-state index in [4.69, 9.17) is 0 Å². The van der Waals surface area contributed by atoms with Gasteiger partial charge in [0.05, 0.1) is 7.11 Å². The first-order valence-electron chi connectivity index (χ1n) is 4.46. The number of aromatic nitrogens is 1. The van der Waals surface area contributed by atoms with Gasteiger partial charge in [-0.05, 0) is 12.1 Å². The van der Waals surface area contributed by atoms with Gasteiger partial charge in [0.15, 0.2) is 0 Å². The molecule has 0 N–H and O–H groups in total. The Bertz CT molecular complexity index is 571. The Hall–Kier alpha value is -1.49. The molecule has 0 unspecified atom stereocenters. The molecule has 0 saturated heterocycles.